The monoisotopic (exact) mass is 401 g/mol. The number of aromatic nitrogens is 2. The predicted octanol–water partition coefficient (Wildman–Crippen LogP) is 3.36. The van der Waals surface area contributed by atoms with Crippen molar-refractivity contribution in [3.63, 3.8) is 0 Å². The Hall–Kier alpha value is -2.49. The van der Waals surface area contributed by atoms with Crippen LogP contribution in [-0.4, -0.2) is 33.7 Å². The van der Waals surface area contributed by atoms with E-state index in [1.807, 2.05) is 0 Å². The zero-order valence-electron chi connectivity index (χ0n) is 14.7. The molecule has 1 aromatic heterocycles. The largest absolute Gasteiger partial charge is 0.435 e. The van der Waals surface area contributed by atoms with E-state index in [0.29, 0.717) is 19.4 Å². The summed E-state index contributed by atoms with van der Waals surface area (Å²) in [6.45, 7) is 0.183. The Balaban J connectivity index is 1.74. The first-order valence-corrected chi connectivity index (χ1v) is 8.77. The van der Waals surface area contributed by atoms with Crippen LogP contribution in [-0.2, 0) is 35.3 Å². The van der Waals surface area contributed by atoms with E-state index in [4.69, 9.17) is 4.74 Å². The van der Waals surface area contributed by atoms with E-state index < -0.39 is 23.5 Å². The fourth-order valence-corrected chi connectivity index (χ4v) is 3.61. The van der Waals surface area contributed by atoms with Crippen molar-refractivity contribution in [1.82, 2.24) is 14.7 Å². The van der Waals surface area contributed by atoms with Gasteiger partial charge in [-0.2, -0.15) is 18.3 Å². The Morgan fingerprint density at radius 1 is 1.14 bits per heavy atom. The van der Waals surface area contributed by atoms with Crippen LogP contribution in [0.25, 0.3) is 5.69 Å². The number of benzene rings is 1. The number of ether oxygens (including phenoxy) is 1. The number of amides is 1. The van der Waals surface area contributed by atoms with Crippen LogP contribution in [0.1, 0.15) is 35.4 Å². The van der Waals surface area contributed by atoms with Crippen LogP contribution >= 0.6 is 0 Å². The number of fused-ring (bicyclic) bond motifs is 1. The lowest BCUT2D eigenvalue weighted by Gasteiger charge is -2.18. The summed E-state index contributed by atoms with van der Waals surface area (Å²) in [4.78, 5) is 13.0. The van der Waals surface area contributed by atoms with Gasteiger partial charge in [-0.1, -0.05) is 0 Å². The van der Waals surface area contributed by atoms with Crippen LogP contribution in [0.2, 0.25) is 0 Å². The van der Waals surface area contributed by atoms with Gasteiger partial charge in [0.2, 0.25) is 5.91 Å². The summed E-state index contributed by atoms with van der Waals surface area (Å²) in [5, 5.41) is 3.57. The number of hydrogen-bond acceptors (Lipinski definition) is 3. The molecule has 0 radical (unpaired) electrons. The second kappa shape index (κ2) is 6.84. The first-order valence-electron chi connectivity index (χ1n) is 8.77. The van der Waals surface area contributed by atoms with E-state index in [1.54, 1.807) is 0 Å². The fourth-order valence-electron chi connectivity index (χ4n) is 3.61. The van der Waals surface area contributed by atoms with Crippen LogP contribution in [0.15, 0.2) is 12.1 Å². The number of alkyl halides is 3. The van der Waals surface area contributed by atoms with Crippen molar-refractivity contribution < 1.29 is 31.5 Å². The van der Waals surface area contributed by atoms with Crippen molar-refractivity contribution in [2.75, 3.05) is 13.2 Å². The minimum atomic E-state index is -4.68. The highest BCUT2D eigenvalue weighted by Crippen LogP contribution is 2.36. The number of nitrogens with zero attached hydrogens (tertiary/aromatic N) is 3. The third kappa shape index (κ3) is 3.25. The normalized spacial score (nSPS) is 17.3. The van der Waals surface area contributed by atoms with Crippen molar-refractivity contribution in [2.45, 2.75) is 38.6 Å². The number of carbonyl (C=O) groups excluding carboxylic acids is 1. The fraction of sp³-hybridized carbons (Fsp3) is 0.444. The molecule has 2 aliphatic heterocycles. The Morgan fingerprint density at radius 3 is 2.46 bits per heavy atom. The molecule has 1 saturated heterocycles. The van der Waals surface area contributed by atoms with Gasteiger partial charge in [0.05, 0.1) is 31.1 Å². The van der Waals surface area contributed by atoms with Gasteiger partial charge in [0.25, 0.3) is 0 Å². The summed E-state index contributed by atoms with van der Waals surface area (Å²) in [6.07, 6.45) is -3.70. The lowest BCUT2D eigenvalue weighted by molar-refractivity contribution is -0.142. The zero-order valence-corrected chi connectivity index (χ0v) is 14.7. The first-order chi connectivity index (χ1) is 13.3. The summed E-state index contributed by atoms with van der Waals surface area (Å²) in [5.74, 6) is -2.07. The van der Waals surface area contributed by atoms with E-state index in [-0.39, 0.29) is 54.6 Å². The molecule has 0 unspecified atom stereocenters. The summed E-state index contributed by atoms with van der Waals surface area (Å²) in [7, 11) is 0. The van der Waals surface area contributed by atoms with Gasteiger partial charge in [0.1, 0.15) is 11.6 Å². The SMILES string of the molecule is O=C1CCCN1Cc1c(F)cc(-n2nc(C(F)(F)F)c3c2COCC3)cc1F. The van der Waals surface area contributed by atoms with Crippen molar-refractivity contribution in [3.05, 3.63) is 46.3 Å². The molecular formula is C18H16F5N3O2. The standard InChI is InChI=1S/C18H16F5N3O2/c19-13-6-10(7-14(20)12(13)8-25-4-1-2-16(25)27)26-15-9-28-5-3-11(15)17(24-26)18(21,22)23/h6-7H,1-5,8-9H2. The van der Waals surface area contributed by atoms with Gasteiger partial charge in [0.15, 0.2) is 5.69 Å². The van der Waals surface area contributed by atoms with E-state index in [0.717, 1.165) is 16.8 Å². The van der Waals surface area contributed by atoms with Gasteiger partial charge < -0.3 is 9.64 Å². The van der Waals surface area contributed by atoms with Crippen molar-refractivity contribution in [2.24, 2.45) is 0 Å². The van der Waals surface area contributed by atoms with Crippen LogP contribution in [0.5, 0.6) is 0 Å². The summed E-state index contributed by atoms with van der Waals surface area (Å²) in [6, 6.07) is 1.86. The van der Waals surface area contributed by atoms with Crippen LogP contribution in [0.3, 0.4) is 0 Å². The van der Waals surface area contributed by atoms with Gasteiger partial charge >= 0.3 is 6.18 Å². The van der Waals surface area contributed by atoms with Gasteiger partial charge in [-0.25, -0.2) is 13.5 Å². The molecule has 3 heterocycles. The molecule has 150 valence electrons. The van der Waals surface area contributed by atoms with E-state index in [1.165, 1.54) is 4.90 Å². The molecule has 2 aromatic rings. The highest BCUT2D eigenvalue weighted by molar-refractivity contribution is 5.78. The van der Waals surface area contributed by atoms with Gasteiger partial charge in [0, 0.05) is 36.2 Å². The Bertz CT molecular complexity index is 915. The number of halogens is 5. The average Bonchev–Trinajstić information content (AvgIpc) is 3.21. The molecule has 0 saturated carbocycles. The summed E-state index contributed by atoms with van der Waals surface area (Å²) < 4.78 is 75.1. The molecule has 1 fully saturated rings. The second-order valence-corrected chi connectivity index (χ2v) is 6.79. The molecule has 0 N–H and O–H groups in total. The maximum atomic E-state index is 14.6. The maximum Gasteiger partial charge on any atom is 0.435 e. The third-order valence-corrected chi connectivity index (χ3v) is 4.98. The van der Waals surface area contributed by atoms with Crippen LogP contribution < -0.4 is 0 Å². The van der Waals surface area contributed by atoms with Crippen molar-refractivity contribution in [3.8, 4) is 5.69 Å². The highest BCUT2D eigenvalue weighted by Gasteiger charge is 2.40. The number of rotatable bonds is 3. The molecule has 0 bridgehead atoms. The Morgan fingerprint density at radius 2 is 1.86 bits per heavy atom. The smallest absolute Gasteiger partial charge is 0.375 e. The number of hydrogen-bond donors (Lipinski definition) is 0. The molecule has 2 aliphatic rings. The van der Waals surface area contributed by atoms with E-state index in [9.17, 15) is 26.7 Å². The molecule has 1 aromatic carbocycles. The van der Waals surface area contributed by atoms with Crippen LogP contribution in [0.4, 0.5) is 22.0 Å². The lowest BCUT2D eigenvalue weighted by atomic mass is 10.1. The van der Waals surface area contributed by atoms with Gasteiger partial charge in [-0.3, -0.25) is 4.79 Å². The molecule has 1 amide bonds. The molecule has 0 aliphatic carbocycles. The Kier molecular flexibility index (Phi) is 4.60. The van der Waals surface area contributed by atoms with Gasteiger partial charge in [-0.05, 0) is 12.8 Å². The zero-order chi connectivity index (χ0) is 20.1. The molecule has 5 nitrogen and oxygen atoms in total. The molecule has 0 atom stereocenters. The molecule has 28 heavy (non-hydrogen) atoms. The minimum Gasteiger partial charge on any atom is -0.375 e. The first kappa shape index (κ1) is 18.9. The van der Waals surface area contributed by atoms with Crippen molar-refractivity contribution >= 4 is 5.91 Å². The predicted molar refractivity (Wildman–Crippen MR) is 86.5 cm³/mol. The lowest BCUT2D eigenvalue weighted by Crippen LogP contribution is -2.25. The highest BCUT2D eigenvalue weighted by atomic mass is 19.4. The number of likely N-dealkylation sites (tertiary alicyclic amines) is 1. The summed E-state index contributed by atoms with van der Waals surface area (Å²) >= 11 is 0. The van der Waals surface area contributed by atoms with Gasteiger partial charge in [-0.15, -0.1) is 0 Å². The molecule has 0 spiro atoms. The van der Waals surface area contributed by atoms with Crippen molar-refractivity contribution in [1.29, 1.82) is 0 Å². The van der Waals surface area contributed by atoms with Crippen LogP contribution in [0, 0.1) is 11.6 Å². The van der Waals surface area contributed by atoms with E-state index in [2.05, 4.69) is 5.10 Å². The topological polar surface area (TPSA) is 47.4 Å². The number of carbonyl (C=O) groups is 1. The average molecular weight is 401 g/mol. The maximum absolute atomic E-state index is 14.6. The molecular weight excluding hydrogens is 385 g/mol. The minimum absolute atomic E-state index is 0.0182. The second-order valence-electron chi connectivity index (χ2n) is 6.79. The molecule has 4 rings (SSSR count). The molecule has 10 heteroatoms. The van der Waals surface area contributed by atoms with E-state index >= 15 is 0 Å². The summed E-state index contributed by atoms with van der Waals surface area (Å²) in [5.41, 5.74) is -1.43. The third-order valence-electron chi connectivity index (χ3n) is 4.98. The Labute approximate surface area is 156 Å². The quantitative estimate of drug-likeness (QED) is 0.741.